The second-order valence-corrected chi connectivity index (χ2v) is 8.04. The van der Waals surface area contributed by atoms with Gasteiger partial charge in [-0.1, -0.05) is 24.3 Å². The number of methoxy groups -OCH3 is 2. The van der Waals surface area contributed by atoms with E-state index in [9.17, 15) is 8.42 Å². The molecule has 0 bridgehead atoms. The molecule has 3 rings (SSSR count). The van der Waals surface area contributed by atoms with E-state index in [1.807, 2.05) is 47.8 Å². The van der Waals surface area contributed by atoms with E-state index in [4.69, 9.17) is 9.47 Å². The minimum absolute atomic E-state index is 0.00424. The van der Waals surface area contributed by atoms with Gasteiger partial charge in [0.25, 0.3) is 0 Å². The molecule has 0 spiro atoms. The van der Waals surface area contributed by atoms with Gasteiger partial charge in [-0.3, -0.25) is 0 Å². The number of para-hydroxylation sites is 1. The Hall–Kier alpha value is -2.04. The number of aromatic nitrogens is 2. The van der Waals surface area contributed by atoms with Gasteiger partial charge in [-0.05, 0) is 23.6 Å². The van der Waals surface area contributed by atoms with Gasteiger partial charge >= 0.3 is 0 Å². The molecule has 0 aliphatic rings. The summed E-state index contributed by atoms with van der Waals surface area (Å²) in [5.41, 5.74) is 1.18. The van der Waals surface area contributed by atoms with Crippen LogP contribution < -0.4 is 4.72 Å². The Kier molecular flexibility index (Phi) is 5.84. The van der Waals surface area contributed by atoms with Crippen molar-refractivity contribution in [3.8, 4) is 16.3 Å². The summed E-state index contributed by atoms with van der Waals surface area (Å²) < 4.78 is 39.9. The maximum absolute atomic E-state index is 12.9. The number of sulfonamides is 1. The molecule has 0 atom stereocenters. The van der Waals surface area contributed by atoms with E-state index in [1.54, 1.807) is 4.68 Å². The number of hydrogen-bond donors (Lipinski definition) is 1. The monoisotopic (exact) mass is 393 g/mol. The predicted molar refractivity (Wildman–Crippen MR) is 99.9 cm³/mol. The van der Waals surface area contributed by atoms with E-state index in [-0.39, 0.29) is 11.4 Å². The average molecular weight is 393 g/mol. The predicted octanol–water partition coefficient (Wildman–Crippen LogP) is 2.50. The van der Waals surface area contributed by atoms with Crippen molar-refractivity contribution in [3.63, 3.8) is 0 Å². The van der Waals surface area contributed by atoms with Crippen LogP contribution in [0.1, 0.15) is 0 Å². The molecule has 138 valence electrons. The van der Waals surface area contributed by atoms with Crippen molar-refractivity contribution < 1.29 is 17.9 Å². The molecule has 0 aliphatic carbocycles. The lowest BCUT2D eigenvalue weighted by atomic mass is 10.3. The first kappa shape index (κ1) is 18.7. The Morgan fingerprint density at radius 3 is 2.50 bits per heavy atom. The summed E-state index contributed by atoms with van der Waals surface area (Å²) in [6.07, 6.45) is 0.848. The molecular formula is C17H19N3O4S2. The third-order valence-electron chi connectivity index (χ3n) is 3.71. The zero-order chi connectivity index (χ0) is 18.6. The number of rotatable bonds is 8. The molecule has 0 fully saturated rings. The Morgan fingerprint density at radius 1 is 1.15 bits per heavy atom. The highest BCUT2D eigenvalue weighted by molar-refractivity contribution is 7.89. The number of thiophene rings is 1. The van der Waals surface area contributed by atoms with Crippen LogP contribution in [0.3, 0.4) is 0 Å². The zero-order valence-electron chi connectivity index (χ0n) is 14.3. The van der Waals surface area contributed by atoms with Crippen molar-refractivity contribution in [2.24, 2.45) is 0 Å². The molecule has 3 aromatic rings. The standard InChI is InChI=1S/C17H19N3O4S2/c1-23-16(24-2)11-18-26(21,22)15-12-20(13-7-4-3-5-8-13)19-17(15)14-9-6-10-25-14/h3-10,12,16,18H,11H2,1-2H3. The lowest BCUT2D eigenvalue weighted by Crippen LogP contribution is -2.34. The quantitative estimate of drug-likeness (QED) is 0.595. The first-order chi connectivity index (χ1) is 12.5. The Morgan fingerprint density at radius 2 is 1.88 bits per heavy atom. The first-order valence-electron chi connectivity index (χ1n) is 7.79. The highest BCUT2D eigenvalue weighted by Gasteiger charge is 2.25. The minimum atomic E-state index is -3.81. The smallest absolute Gasteiger partial charge is 0.244 e. The summed E-state index contributed by atoms with van der Waals surface area (Å²) in [4.78, 5) is 0.879. The van der Waals surface area contributed by atoms with Crippen LogP contribution in [0.4, 0.5) is 0 Å². The van der Waals surface area contributed by atoms with Gasteiger partial charge in [-0.15, -0.1) is 11.3 Å². The van der Waals surface area contributed by atoms with E-state index < -0.39 is 16.3 Å². The Labute approximate surface area is 156 Å². The van der Waals surface area contributed by atoms with Gasteiger partial charge in [-0.25, -0.2) is 17.8 Å². The Bertz CT molecular complexity index is 934. The van der Waals surface area contributed by atoms with Crippen molar-refractivity contribution >= 4 is 21.4 Å². The molecule has 2 aromatic heterocycles. The molecule has 9 heteroatoms. The van der Waals surface area contributed by atoms with E-state index in [2.05, 4.69) is 9.82 Å². The molecule has 0 amide bonds. The third kappa shape index (κ3) is 4.02. The van der Waals surface area contributed by atoms with Gasteiger partial charge in [0.1, 0.15) is 10.6 Å². The molecule has 0 saturated heterocycles. The zero-order valence-corrected chi connectivity index (χ0v) is 16.0. The summed E-state index contributed by atoms with van der Waals surface area (Å²) in [6.45, 7) is -0.00424. The van der Waals surface area contributed by atoms with Crippen LogP contribution in [-0.2, 0) is 19.5 Å². The van der Waals surface area contributed by atoms with E-state index >= 15 is 0 Å². The fraction of sp³-hybridized carbons (Fsp3) is 0.235. The molecule has 0 radical (unpaired) electrons. The topological polar surface area (TPSA) is 82.5 Å². The van der Waals surface area contributed by atoms with E-state index in [0.29, 0.717) is 5.69 Å². The second-order valence-electron chi connectivity index (χ2n) is 5.35. The van der Waals surface area contributed by atoms with Crippen LogP contribution in [0.2, 0.25) is 0 Å². The molecule has 0 aliphatic heterocycles. The number of nitrogens with one attached hydrogen (secondary N) is 1. The van der Waals surface area contributed by atoms with E-state index in [1.165, 1.54) is 31.8 Å². The number of nitrogens with zero attached hydrogens (tertiary/aromatic N) is 2. The molecular weight excluding hydrogens is 374 g/mol. The van der Waals surface area contributed by atoms with Gasteiger partial charge in [0.2, 0.25) is 10.0 Å². The lowest BCUT2D eigenvalue weighted by molar-refractivity contribution is -0.0960. The van der Waals surface area contributed by atoms with Crippen LogP contribution >= 0.6 is 11.3 Å². The van der Waals surface area contributed by atoms with Gasteiger partial charge in [0.05, 0.1) is 23.3 Å². The van der Waals surface area contributed by atoms with Crippen LogP contribution in [0.25, 0.3) is 16.3 Å². The van der Waals surface area contributed by atoms with Crippen molar-refractivity contribution in [2.75, 3.05) is 20.8 Å². The molecule has 1 N–H and O–H groups in total. The highest BCUT2D eigenvalue weighted by atomic mass is 32.2. The van der Waals surface area contributed by atoms with Crippen molar-refractivity contribution in [3.05, 3.63) is 54.0 Å². The van der Waals surface area contributed by atoms with Gasteiger partial charge < -0.3 is 9.47 Å². The molecule has 26 heavy (non-hydrogen) atoms. The minimum Gasteiger partial charge on any atom is -0.355 e. The lowest BCUT2D eigenvalue weighted by Gasteiger charge is -2.14. The van der Waals surface area contributed by atoms with Crippen molar-refractivity contribution in [2.45, 2.75) is 11.2 Å². The van der Waals surface area contributed by atoms with Gasteiger partial charge in [-0.2, -0.15) is 5.10 Å². The summed E-state index contributed by atoms with van der Waals surface area (Å²) >= 11 is 1.43. The fourth-order valence-electron chi connectivity index (χ4n) is 2.37. The fourth-order valence-corrected chi connectivity index (χ4v) is 4.31. The third-order valence-corrected chi connectivity index (χ3v) is 6.01. The van der Waals surface area contributed by atoms with Crippen LogP contribution in [-0.4, -0.2) is 45.3 Å². The van der Waals surface area contributed by atoms with Crippen LogP contribution in [0.15, 0.2) is 58.9 Å². The Balaban J connectivity index is 2.01. The van der Waals surface area contributed by atoms with Crippen molar-refractivity contribution in [1.82, 2.24) is 14.5 Å². The molecule has 2 heterocycles. The van der Waals surface area contributed by atoms with Gasteiger partial charge in [0, 0.05) is 14.2 Å². The summed E-state index contributed by atoms with van der Waals surface area (Å²) in [5, 5.41) is 6.38. The second kappa shape index (κ2) is 8.11. The SMILES string of the molecule is COC(CNS(=O)(=O)c1cn(-c2ccccc2)nc1-c1cccs1)OC. The van der Waals surface area contributed by atoms with Crippen molar-refractivity contribution in [1.29, 1.82) is 0 Å². The number of benzene rings is 1. The molecule has 0 saturated carbocycles. The molecule has 0 unspecified atom stereocenters. The van der Waals surface area contributed by atoms with E-state index in [0.717, 1.165) is 10.6 Å². The summed E-state index contributed by atoms with van der Waals surface area (Å²) in [6, 6.07) is 13.1. The largest absolute Gasteiger partial charge is 0.355 e. The first-order valence-corrected chi connectivity index (χ1v) is 10.2. The molecule has 1 aromatic carbocycles. The number of hydrogen-bond acceptors (Lipinski definition) is 6. The maximum Gasteiger partial charge on any atom is 0.244 e. The van der Waals surface area contributed by atoms with Crippen LogP contribution in [0, 0.1) is 0 Å². The summed E-state index contributed by atoms with van der Waals surface area (Å²) in [5.74, 6) is 0. The highest BCUT2D eigenvalue weighted by Crippen LogP contribution is 2.30. The summed E-state index contributed by atoms with van der Waals surface area (Å²) in [7, 11) is -0.903. The van der Waals surface area contributed by atoms with Gasteiger partial charge in [0.15, 0.2) is 6.29 Å². The maximum atomic E-state index is 12.9. The number of ether oxygens (including phenoxy) is 2. The average Bonchev–Trinajstić information content (AvgIpc) is 3.33. The van der Waals surface area contributed by atoms with Crippen LogP contribution in [0.5, 0.6) is 0 Å². The molecule has 7 nitrogen and oxygen atoms in total. The normalized spacial score (nSPS) is 12.0.